The SMILES string of the molecule is CCNC(C(CC)CC)C1(C)CCCC1. The van der Waals surface area contributed by atoms with Crippen LogP contribution in [0.25, 0.3) is 0 Å². The standard InChI is InChI=1S/C14H29N/c1-5-12(6-2)13(15-7-3)14(4)10-8-9-11-14/h12-13,15H,5-11H2,1-4H3. The molecule has 15 heavy (non-hydrogen) atoms. The second-order valence-electron chi connectivity index (χ2n) is 5.47. The van der Waals surface area contributed by atoms with E-state index in [0.717, 1.165) is 18.5 Å². The van der Waals surface area contributed by atoms with Gasteiger partial charge in [0.1, 0.15) is 0 Å². The van der Waals surface area contributed by atoms with Crippen LogP contribution >= 0.6 is 0 Å². The van der Waals surface area contributed by atoms with E-state index in [1.54, 1.807) is 0 Å². The Balaban J connectivity index is 2.70. The van der Waals surface area contributed by atoms with Crippen molar-refractivity contribution < 1.29 is 0 Å². The van der Waals surface area contributed by atoms with Gasteiger partial charge >= 0.3 is 0 Å². The van der Waals surface area contributed by atoms with Crippen molar-refractivity contribution in [3.8, 4) is 0 Å². The van der Waals surface area contributed by atoms with E-state index in [0.29, 0.717) is 5.41 Å². The molecule has 1 nitrogen and oxygen atoms in total. The molecule has 1 rings (SSSR count). The van der Waals surface area contributed by atoms with Gasteiger partial charge in [-0.3, -0.25) is 0 Å². The molecule has 1 saturated carbocycles. The predicted octanol–water partition coefficient (Wildman–Crippen LogP) is 3.98. The van der Waals surface area contributed by atoms with Gasteiger partial charge in [-0.25, -0.2) is 0 Å². The van der Waals surface area contributed by atoms with E-state index < -0.39 is 0 Å². The minimum atomic E-state index is 0.576. The van der Waals surface area contributed by atoms with E-state index in [2.05, 4.69) is 33.0 Å². The van der Waals surface area contributed by atoms with Crippen LogP contribution in [0.1, 0.15) is 66.2 Å². The van der Waals surface area contributed by atoms with Crippen LogP contribution < -0.4 is 5.32 Å². The second-order valence-corrected chi connectivity index (χ2v) is 5.47. The van der Waals surface area contributed by atoms with Gasteiger partial charge in [0.15, 0.2) is 0 Å². The normalized spacial score (nSPS) is 22.2. The Morgan fingerprint density at radius 2 is 1.60 bits per heavy atom. The first-order chi connectivity index (χ1) is 7.18. The first-order valence-electron chi connectivity index (χ1n) is 6.91. The van der Waals surface area contributed by atoms with Crippen molar-refractivity contribution in [2.24, 2.45) is 11.3 Å². The minimum Gasteiger partial charge on any atom is -0.313 e. The third-order valence-corrected chi connectivity index (χ3v) is 4.44. The highest BCUT2D eigenvalue weighted by molar-refractivity contribution is 4.94. The number of hydrogen-bond donors (Lipinski definition) is 1. The quantitative estimate of drug-likeness (QED) is 0.700. The molecule has 1 unspecified atom stereocenters. The Hall–Kier alpha value is -0.0400. The van der Waals surface area contributed by atoms with Gasteiger partial charge < -0.3 is 5.32 Å². The van der Waals surface area contributed by atoms with E-state index in [1.165, 1.54) is 38.5 Å². The number of nitrogens with one attached hydrogen (secondary N) is 1. The van der Waals surface area contributed by atoms with Crippen LogP contribution in [-0.2, 0) is 0 Å². The molecule has 0 aromatic heterocycles. The Labute approximate surface area is 96.0 Å². The van der Waals surface area contributed by atoms with Gasteiger partial charge in [-0.15, -0.1) is 0 Å². The molecule has 0 aromatic rings. The molecule has 0 amide bonds. The van der Waals surface area contributed by atoms with Crippen LogP contribution in [0.2, 0.25) is 0 Å². The Bertz CT molecular complexity index is 166. The van der Waals surface area contributed by atoms with Gasteiger partial charge in [0, 0.05) is 6.04 Å². The molecule has 0 spiro atoms. The van der Waals surface area contributed by atoms with Crippen molar-refractivity contribution in [2.45, 2.75) is 72.3 Å². The smallest absolute Gasteiger partial charge is 0.0149 e. The molecule has 90 valence electrons. The van der Waals surface area contributed by atoms with Crippen molar-refractivity contribution in [2.75, 3.05) is 6.54 Å². The summed E-state index contributed by atoms with van der Waals surface area (Å²) < 4.78 is 0. The average molecular weight is 211 g/mol. The molecule has 1 aliphatic rings. The van der Waals surface area contributed by atoms with Gasteiger partial charge in [-0.05, 0) is 30.7 Å². The highest BCUT2D eigenvalue weighted by Crippen LogP contribution is 2.43. The monoisotopic (exact) mass is 211 g/mol. The average Bonchev–Trinajstić information content (AvgIpc) is 2.67. The van der Waals surface area contributed by atoms with E-state index in [-0.39, 0.29) is 0 Å². The van der Waals surface area contributed by atoms with Crippen molar-refractivity contribution in [1.82, 2.24) is 5.32 Å². The van der Waals surface area contributed by atoms with E-state index in [4.69, 9.17) is 0 Å². The highest BCUT2D eigenvalue weighted by atomic mass is 14.9. The van der Waals surface area contributed by atoms with Gasteiger partial charge in [0.25, 0.3) is 0 Å². The first kappa shape index (κ1) is 13.0. The van der Waals surface area contributed by atoms with Crippen LogP contribution in [0.3, 0.4) is 0 Å². The van der Waals surface area contributed by atoms with Gasteiger partial charge in [0.2, 0.25) is 0 Å². The summed E-state index contributed by atoms with van der Waals surface area (Å²) in [6.07, 6.45) is 8.40. The van der Waals surface area contributed by atoms with Crippen molar-refractivity contribution >= 4 is 0 Å². The zero-order chi connectivity index (χ0) is 11.3. The molecule has 0 radical (unpaired) electrons. The lowest BCUT2D eigenvalue weighted by Gasteiger charge is -2.40. The maximum Gasteiger partial charge on any atom is 0.0149 e. The van der Waals surface area contributed by atoms with Crippen LogP contribution in [0.15, 0.2) is 0 Å². The molecule has 0 aliphatic heterocycles. The van der Waals surface area contributed by atoms with Crippen LogP contribution in [-0.4, -0.2) is 12.6 Å². The van der Waals surface area contributed by atoms with Crippen molar-refractivity contribution in [1.29, 1.82) is 0 Å². The predicted molar refractivity (Wildman–Crippen MR) is 68.1 cm³/mol. The second kappa shape index (κ2) is 5.89. The third-order valence-electron chi connectivity index (χ3n) is 4.44. The molecule has 1 N–H and O–H groups in total. The third kappa shape index (κ3) is 2.96. The Morgan fingerprint density at radius 3 is 2.00 bits per heavy atom. The summed E-state index contributed by atoms with van der Waals surface area (Å²) >= 11 is 0. The van der Waals surface area contributed by atoms with E-state index >= 15 is 0 Å². The highest BCUT2D eigenvalue weighted by Gasteiger charge is 2.39. The molecule has 0 aromatic carbocycles. The largest absolute Gasteiger partial charge is 0.313 e. The summed E-state index contributed by atoms with van der Waals surface area (Å²) in [6, 6.07) is 0.750. The van der Waals surface area contributed by atoms with Gasteiger partial charge in [-0.2, -0.15) is 0 Å². The zero-order valence-electron chi connectivity index (χ0n) is 11.1. The molecule has 0 saturated heterocycles. The van der Waals surface area contributed by atoms with E-state index in [9.17, 15) is 0 Å². The van der Waals surface area contributed by atoms with Gasteiger partial charge in [-0.1, -0.05) is 53.4 Å². The maximum atomic E-state index is 3.77. The molecule has 0 bridgehead atoms. The van der Waals surface area contributed by atoms with Gasteiger partial charge in [0.05, 0.1) is 0 Å². The molecule has 1 atom stereocenters. The lowest BCUT2D eigenvalue weighted by molar-refractivity contribution is 0.153. The van der Waals surface area contributed by atoms with Crippen molar-refractivity contribution in [3.63, 3.8) is 0 Å². The lowest BCUT2D eigenvalue weighted by atomic mass is 9.73. The zero-order valence-corrected chi connectivity index (χ0v) is 11.1. The fraction of sp³-hybridized carbons (Fsp3) is 1.00. The Morgan fingerprint density at radius 1 is 1.07 bits per heavy atom. The van der Waals surface area contributed by atoms with E-state index in [1.807, 2.05) is 0 Å². The lowest BCUT2D eigenvalue weighted by Crippen LogP contribution is -2.47. The molecule has 1 fully saturated rings. The topological polar surface area (TPSA) is 12.0 Å². The summed E-state index contributed by atoms with van der Waals surface area (Å²) in [7, 11) is 0. The summed E-state index contributed by atoms with van der Waals surface area (Å²) in [5.41, 5.74) is 0.576. The molecule has 1 aliphatic carbocycles. The van der Waals surface area contributed by atoms with Crippen LogP contribution in [0, 0.1) is 11.3 Å². The molecule has 0 heterocycles. The Kier molecular flexibility index (Phi) is 5.11. The summed E-state index contributed by atoms with van der Waals surface area (Å²) in [6.45, 7) is 10.6. The van der Waals surface area contributed by atoms with Crippen LogP contribution in [0.4, 0.5) is 0 Å². The molecular formula is C14H29N. The van der Waals surface area contributed by atoms with Crippen LogP contribution in [0.5, 0.6) is 0 Å². The summed E-state index contributed by atoms with van der Waals surface area (Å²) in [5, 5.41) is 3.77. The fourth-order valence-corrected chi connectivity index (χ4v) is 3.46. The van der Waals surface area contributed by atoms with Crippen molar-refractivity contribution in [3.05, 3.63) is 0 Å². The summed E-state index contributed by atoms with van der Waals surface area (Å²) in [5.74, 6) is 0.869. The molecular weight excluding hydrogens is 182 g/mol. The molecule has 1 heteroatoms. The first-order valence-corrected chi connectivity index (χ1v) is 6.91. The summed E-state index contributed by atoms with van der Waals surface area (Å²) in [4.78, 5) is 0. The number of rotatable bonds is 6. The number of hydrogen-bond acceptors (Lipinski definition) is 1. The maximum absolute atomic E-state index is 3.77. The minimum absolute atomic E-state index is 0.576. The fourth-order valence-electron chi connectivity index (χ4n) is 3.46.